The number of aliphatic imine (C=N–C) groups is 1. The smallest absolute Gasteiger partial charge is 0.228 e. The van der Waals surface area contributed by atoms with Crippen molar-refractivity contribution in [3.8, 4) is 0 Å². The molecule has 1 aliphatic carbocycles. The molecule has 2 rings (SSSR count). The monoisotopic (exact) mass is 334 g/mol. The third-order valence-electron chi connectivity index (χ3n) is 4.63. The van der Waals surface area contributed by atoms with Crippen LogP contribution in [0.15, 0.2) is 83.7 Å². The van der Waals surface area contributed by atoms with Crippen LogP contribution in [0.2, 0.25) is 0 Å². The summed E-state index contributed by atoms with van der Waals surface area (Å²) in [6, 6.07) is 10.2. The van der Waals surface area contributed by atoms with Crippen LogP contribution in [-0.4, -0.2) is 12.1 Å². The summed E-state index contributed by atoms with van der Waals surface area (Å²) < 4.78 is 0. The molecule has 0 unspecified atom stereocenters. The molecule has 0 bridgehead atoms. The minimum Gasteiger partial charge on any atom is -0.330 e. The zero-order chi connectivity index (χ0) is 18.4. The maximum atomic E-state index is 12.5. The van der Waals surface area contributed by atoms with Gasteiger partial charge in [-0.2, -0.15) is 0 Å². The SMILES string of the molecule is C=CN=C/C(=C/C=C(\C)NC(=O)[C@@H]1C[C@@]1(C)c1ccccc1)C(=C)C. The Labute approximate surface area is 150 Å². The van der Waals surface area contributed by atoms with Gasteiger partial charge in [-0.25, -0.2) is 0 Å². The Kier molecular flexibility index (Phi) is 5.92. The van der Waals surface area contributed by atoms with Gasteiger partial charge in [-0.3, -0.25) is 9.79 Å². The van der Waals surface area contributed by atoms with Gasteiger partial charge in [0, 0.05) is 29.4 Å². The molecule has 1 fully saturated rings. The molecule has 3 nitrogen and oxygen atoms in total. The van der Waals surface area contributed by atoms with Crippen LogP contribution in [0.1, 0.15) is 32.8 Å². The predicted molar refractivity (Wildman–Crippen MR) is 105 cm³/mol. The number of rotatable bonds is 7. The fourth-order valence-electron chi connectivity index (χ4n) is 2.85. The summed E-state index contributed by atoms with van der Waals surface area (Å²) in [6.07, 6.45) is 7.84. The third kappa shape index (κ3) is 4.66. The Balaban J connectivity index is 2.02. The number of amides is 1. The van der Waals surface area contributed by atoms with Crippen LogP contribution < -0.4 is 5.32 Å². The average molecular weight is 334 g/mol. The van der Waals surface area contributed by atoms with Crippen LogP contribution >= 0.6 is 0 Å². The molecule has 2 atom stereocenters. The average Bonchev–Trinajstić information content (AvgIpc) is 3.29. The number of nitrogens with one attached hydrogen (secondary N) is 1. The van der Waals surface area contributed by atoms with E-state index in [1.165, 1.54) is 11.8 Å². The van der Waals surface area contributed by atoms with Gasteiger partial charge in [-0.05, 0) is 43.1 Å². The fraction of sp³-hybridized carbons (Fsp3) is 0.273. The van der Waals surface area contributed by atoms with Crippen molar-refractivity contribution in [3.05, 3.63) is 84.2 Å². The fourth-order valence-corrected chi connectivity index (χ4v) is 2.85. The van der Waals surface area contributed by atoms with E-state index in [-0.39, 0.29) is 17.2 Å². The van der Waals surface area contributed by atoms with Crippen molar-refractivity contribution in [2.75, 3.05) is 0 Å². The summed E-state index contributed by atoms with van der Waals surface area (Å²) in [5.41, 5.74) is 3.77. The lowest BCUT2D eigenvalue weighted by molar-refractivity contribution is -0.122. The second-order valence-corrected chi connectivity index (χ2v) is 6.74. The zero-order valence-corrected chi connectivity index (χ0v) is 15.3. The molecule has 1 saturated carbocycles. The maximum absolute atomic E-state index is 12.5. The largest absolute Gasteiger partial charge is 0.330 e. The summed E-state index contributed by atoms with van der Waals surface area (Å²) in [4.78, 5) is 16.5. The summed E-state index contributed by atoms with van der Waals surface area (Å²) in [6.45, 7) is 13.4. The van der Waals surface area contributed by atoms with E-state index in [0.29, 0.717) is 0 Å². The highest BCUT2D eigenvalue weighted by atomic mass is 16.2. The molecule has 1 aromatic carbocycles. The van der Waals surface area contributed by atoms with E-state index in [2.05, 4.69) is 42.5 Å². The number of hydrogen-bond donors (Lipinski definition) is 1. The molecule has 0 radical (unpaired) electrons. The van der Waals surface area contributed by atoms with E-state index in [9.17, 15) is 4.79 Å². The first-order valence-electron chi connectivity index (χ1n) is 8.43. The number of carbonyl (C=O) groups excluding carboxylic acids is 1. The van der Waals surface area contributed by atoms with Crippen molar-refractivity contribution in [2.24, 2.45) is 10.9 Å². The number of benzene rings is 1. The first kappa shape index (κ1) is 18.7. The summed E-state index contributed by atoms with van der Waals surface area (Å²) in [5, 5.41) is 3.00. The molecule has 0 aromatic heterocycles. The van der Waals surface area contributed by atoms with Gasteiger partial charge in [0.05, 0.1) is 0 Å². The molecule has 1 N–H and O–H groups in total. The first-order valence-corrected chi connectivity index (χ1v) is 8.43. The molecule has 3 heteroatoms. The van der Waals surface area contributed by atoms with Gasteiger partial charge in [-0.15, -0.1) is 0 Å². The zero-order valence-electron chi connectivity index (χ0n) is 15.3. The lowest BCUT2D eigenvalue weighted by Crippen LogP contribution is -2.26. The van der Waals surface area contributed by atoms with Gasteiger partial charge in [0.1, 0.15) is 0 Å². The van der Waals surface area contributed by atoms with Gasteiger partial charge in [0.25, 0.3) is 0 Å². The van der Waals surface area contributed by atoms with Crippen LogP contribution in [0.4, 0.5) is 0 Å². The predicted octanol–water partition coefficient (Wildman–Crippen LogP) is 4.70. The third-order valence-corrected chi connectivity index (χ3v) is 4.63. The Morgan fingerprint density at radius 3 is 2.56 bits per heavy atom. The van der Waals surface area contributed by atoms with E-state index in [1.54, 1.807) is 6.21 Å². The normalized spacial score (nSPS) is 23.4. The number of carbonyl (C=O) groups is 1. The van der Waals surface area contributed by atoms with Crippen molar-refractivity contribution in [1.82, 2.24) is 5.32 Å². The van der Waals surface area contributed by atoms with Crippen LogP contribution in [-0.2, 0) is 10.2 Å². The van der Waals surface area contributed by atoms with Crippen LogP contribution in [0.25, 0.3) is 0 Å². The van der Waals surface area contributed by atoms with Crippen molar-refractivity contribution in [3.63, 3.8) is 0 Å². The van der Waals surface area contributed by atoms with Gasteiger partial charge < -0.3 is 5.32 Å². The molecule has 25 heavy (non-hydrogen) atoms. The highest BCUT2D eigenvalue weighted by Gasteiger charge is 2.55. The minimum atomic E-state index is -0.0546. The first-order chi connectivity index (χ1) is 11.9. The van der Waals surface area contributed by atoms with Crippen molar-refractivity contribution in [1.29, 1.82) is 0 Å². The standard InChI is InChI=1S/C22H26N2O/c1-6-23-15-18(16(2)3)13-12-17(4)24-21(25)20-14-22(20,5)19-10-8-7-9-11-19/h6-13,15,20H,1-2,14H2,3-5H3,(H,24,25)/b17-12+,18-13-,23-15?/t20-,22-/m0/s1. The molecule has 0 saturated heterocycles. The van der Waals surface area contributed by atoms with E-state index < -0.39 is 0 Å². The lowest BCUT2D eigenvalue weighted by Gasteiger charge is -2.12. The number of nitrogens with zero attached hydrogens (tertiary/aromatic N) is 1. The minimum absolute atomic E-state index is 0.0187. The van der Waals surface area contributed by atoms with Gasteiger partial charge in [0.2, 0.25) is 5.91 Å². The van der Waals surface area contributed by atoms with Crippen LogP contribution in [0.3, 0.4) is 0 Å². The van der Waals surface area contributed by atoms with E-state index >= 15 is 0 Å². The summed E-state index contributed by atoms with van der Waals surface area (Å²) in [7, 11) is 0. The van der Waals surface area contributed by atoms with Gasteiger partial charge >= 0.3 is 0 Å². The van der Waals surface area contributed by atoms with Crippen LogP contribution in [0.5, 0.6) is 0 Å². The Bertz CT molecular complexity index is 755. The quantitative estimate of drug-likeness (QED) is 0.570. The molecule has 1 amide bonds. The molecule has 0 spiro atoms. The number of hydrogen-bond acceptors (Lipinski definition) is 2. The van der Waals surface area contributed by atoms with E-state index in [1.807, 2.05) is 44.2 Å². The molecule has 1 aromatic rings. The second-order valence-electron chi connectivity index (χ2n) is 6.74. The van der Waals surface area contributed by atoms with Crippen LogP contribution in [0, 0.1) is 5.92 Å². The summed E-state index contributed by atoms with van der Waals surface area (Å²) in [5.74, 6) is 0.0929. The van der Waals surface area contributed by atoms with Crippen molar-refractivity contribution >= 4 is 12.1 Å². The van der Waals surface area contributed by atoms with E-state index in [4.69, 9.17) is 0 Å². The topological polar surface area (TPSA) is 41.5 Å². The van der Waals surface area contributed by atoms with Gasteiger partial charge in [-0.1, -0.05) is 56.5 Å². The highest BCUT2D eigenvalue weighted by Crippen LogP contribution is 2.54. The molecular formula is C22H26N2O. The lowest BCUT2D eigenvalue weighted by atomic mass is 9.95. The van der Waals surface area contributed by atoms with E-state index in [0.717, 1.165) is 23.3 Å². The maximum Gasteiger partial charge on any atom is 0.228 e. The molecular weight excluding hydrogens is 308 g/mol. The number of allylic oxidation sites excluding steroid dienone is 5. The Morgan fingerprint density at radius 1 is 1.28 bits per heavy atom. The van der Waals surface area contributed by atoms with Crippen molar-refractivity contribution in [2.45, 2.75) is 32.6 Å². The Morgan fingerprint density at radius 2 is 1.96 bits per heavy atom. The second kappa shape index (κ2) is 7.93. The molecule has 0 heterocycles. The highest BCUT2D eigenvalue weighted by molar-refractivity contribution is 5.86. The van der Waals surface area contributed by atoms with Crippen molar-refractivity contribution < 1.29 is 4.79 Å². The molecule has 130 valence electrons. The van der Waals surface area contributed by atoms with Gasteiger partial charge in [0.15, 0.2) is 0 Å². The molecule has 1 aliphatic rings. The molecule has 0 aliphatic heterocycles. The summed E-state index contributed by atoms with van der Waals surface area (Å²) >= 11 is 0. The Hall–Kier alpha value is -2.68.